The Morgan fingerprint density at radius 1 is 1.07 bits per heavy atom. The topological polar surface area (TPSA) is 50.1 Å². The summed E-state index contributed by atoms with van der Waals surface area (Å²) in [6.45, 7) is 8.70. The minimum Gasteiger partial charge on any atom is -0.385 e. The molecule has 0 saturated carbocycles. The number of aryl methyl sites for hydroxylation is 1. The first-order valence-corrected chi connectivity index (χ1v) is 10.1. The maximum Gasteiger partial charge on any atom is 0.0923 e. The molecule has 0 aliphatic carbocycles. The molecule has 0 radical (unpaired) electrons. The Kier molecular flexibility index (Phi) is 5.80. The van der Waals surface area contributed by atoms with E-state index in [9.17, 15) is 5.11 Å². The summed E-state index contributed by atoms with van der Waals surface area (Å²) < 4.78 is 1.80. The summed E-state index contributed by atoms with van der Waals surface area (Å²) in [5.74, 6) is 0. The number of hydrogen-bond donors (Lipinski definition) is 2. The van der Waals surface area contributed by atoms with E-state index in [1.807, 2.05) is 50.5 Å². The van der Waals surface area contributed by atoms with Crippen LogP contribution in [0.25, 0.3) is 11.3 Å². The number of nitrogens with one attached hydrogen (secondary N) is 1. The van der Waals surface area contributed by atoms with Crippen LogP contribution < -0.4 is 5.32 Å². The molecule has 3 rings (SSSR count). The van der Waals surface area contributed by atoms with Crippen LogP contribution in [0.2, 0.25) is 0 Å². The molecule has 2 aromatic rings. The van der Waals surface area contributed by atoms with Crippen molar-refractivity contribution in [2.24, 2.45) is 12.5 Å². The summed E-state index contributed by atoms with van der Waals surface area (Å²) >= 11 is 0. The lowest BCUT2D eigenvalue weighted by Crippen LogP contribution is -2.25. The first-order valence-electron chi connectivity index (χ1n) is 10.1. The largest absolute Gasteiger partial charge is 0.385 e. The Bertz CT molecular complexity index is 864. The zero-order valence-electron chi connectivity index (χ0n) is 17.8. The molecule has 0 saturated heterocycles. The van der Waals surface area contributed by atoms with E-state index in [1.165, 1.54) is 5.57 Å². The van der Waals surface area contributed by atoms with Crippen LogP contribution in [0.3, 0.4) is 0 Å². The Hall–Kier alpha value is -2.33. The molecule has 1 aromatic heterocycles. The van der Waals surface area contributed by atoms with E-state index < -0.39 is 5.60 Å². The van der Waals surface area contributed by atoms with Crippen molar-refractivity contribution in [1.82, 2.24) is 15.1 Å². The molecule has 0 bridgehead atoms. The van der Waals surface area contributed by atoms with Crippen LogP contribution in [-0.4, -0.2) is 14.9 Å². The smallest absolute Gasteiger partial charge is 0.0923 e. The number of aliphatic hydroxyl groups is 1. The number of nitrogens with zero attached hydrogens (tertiary/aromatic N) is 2. The van der Waals surface area contributed by atoms with E-state index in [0.29, 0.717) is 11.8 Å². The van der Waals surface area contributed by atoms with E-state index in [-0.39, 0.29) is 0 Å². The molecule has 1 aliphatic heterocycles. The van der Waals surface area contributed by atoms with Crippen molar-refractivity contribution < 1.29 is 5.11 Å². The molecule has 0 amide bonds. The minimum absolute atomic E-state index is 0.291. The SMILES string of the molecule is Cn1ccc(-c2ccc(C(C)(O)CC3=CCCC(CC(C)(C)C)=CN3)cc2)n1. The average Bonchev–Trinajstić information content (AvgIpc) is 2.93. The molecular formula is C24H33N3O. The molecule has 28 heavy (non-hydrogen) atoms. The second-order valence-corrected chi connectivity index (χ2v) is 9.36. The van der Waals surface area contributed by atoms with Gasteiger partial charge in [0.25, 0.3) is 0 Å². The third kappa shape index (κ3) is 5.35. The molecule has 1 unspecified atom stereocenters. The van der Waals surface area contributed by atoms with Crippen LogP contribution in [0.15, 0.2) is 60.1 Å². The predicted octanol–water partition coefficient (Wildman–Crippen LogP) is 5.27. The molecule has 2 heterocycles. The van der Waals surface area contributed by atoms with Gasteiger partial charge in [-0.1, -0.05) is 56.7 Å². The first-order chi connectivity index (χ1) is 13.1. The van der Waals surface area contributed by atoms with Crippen molar-refractivity contribution >= 4 is 0 Å². The molecule has 1 aliphatic rings. The zero-order valence-corrected chi connectivity index (χ0v) is 17.8. The summed E-state index contributed by atoms with van der Waals surface area (Å²) in [4.78, 5) is 0. The van der Waals surface area contributed by atoms with Gasteiger partial charge in [-0.05, 0) is 49.4 Å². The third-order valence-electron chi connectivity index (χ3n) is 5.13. The summed E-state index contributed by atoms with van der Waals surface area (Å²) in [6.07, 6.45) is 10.0. The molecule has 150 valence electrons. The fraction of sp³-hybridized carbons (Fsp3) is 0.458. The highest BCUT2D eigenvalue weighted by molar-refractivity contribution is 5.59. The van der Waals surface area contributed by atoms with Crippen molar-refractivity contribution in [2.45, 2.75) is 59.0 Å². The van der Waals surface area contributed by atoms with Crippen molar-refractivity contribution in [3.63, 3.8) is 0 Å². The fourth-order valence-electron chi connectivity index (χ4n) is 3.74. The highest BCUT2D eigenvalue weighted by atomic mass is 16.3. The van der Waals surface area contributed by atoms with Gasteiger partial charge in [0.05, 0.1) is 11.3 Å². The van der Waals surface area contributed by atoms with Gasteiger partial charge in [0, 0.05) is 30.9 Å². The van der Waals surface area contributed by atoms with Gasteiger partial charge < -0.3 is 10.4 Å². The van der Waals surface area contributed by atoms with Crippen LogP contribution in [-0.2, 0) is 12.6 Å². The molecular weight excluding hydrogens is 346 g/mol. The zero-order chi connectivity index (χ0) is 20.4. The monoisotopic (exact) mass is 379 g/mol. The van der Waals surface area contributed by atoms with E-state index in [4.69, 9.17) is 0 Å². The van der Waals surface area contributed by atoms with E-state index in [1.54, 1.807) is 4.68 Å². The van der Waals surface area contributed by atoms with Crippen LogP contribution in [0.4, 0.5) is 0 Å². The minimum atomic E-state index is -0.927. The number of rotatable bonds is 5. The molecule has 0 fully saturated rings. The average molecular weight is 380 g/mol. The lowest BCUT2D eigenvalue weighted by atomic mass is 9.87. The van der Waals surface area contributed by atoms with Crippen molar-refractivity contribution in [2.75, 3.05) is 0 Å². The van der Waals surface area contributed by atoms with E-state index >= 15 is 0 Å². The Morgan fingerprint density at radius 2 is 1.79 bits per heavy atom. The van der Waals surface area contributed by atoms with Gasteiger partial charge in [0.15, 0.2) is 0 Å². The Labute approximate surface area is 169 Å². The summed E-state index contributed by atoms with van der Waals surface area (Å²) in [7, 11) is 1.91. The molecule has 1 atom stereocenters. The van der Waals surface area contributed by atoms with Gasteiger partial charge in [0.2, 0.25) is 0 Å². The highest BCUT2D eigenvalue weighted by Crippen LogP contribution is 2.32. The number of benzene rings is 1. The van der Waals surface area contributed by atoms with Crippen LogP contribution in [0.5, 0.6) is 0 Å². The van der Waals surface area contributed by atoms with E-state index in [2.05, 4.69) is 43.5 Å². The lowest BCUT2D eigenvalue weighted by molar-refractivity contribution is 0.0563. The number of allylic oxidation sites excluding steroid dienone is 2. The van der Waals surface area contributed by atoms with Gasteiger partial charge in [-0.15, -0.1) is 0 Å². The fourth-order valence-corrected chi connectivity index (χ4v) is 3.74. The Morgan fingerprint density at radius 3 is 2.39 bits per heavy atom. The molecule has 1 aromatic carbocycles. The predicted molar refractivity (Wildman–Crippen MR) is 115 cm³/mol. The van der Waals surface area contributed by atoms with E-state index in [0.717, 1.165) is 41.8 Å². The van der Waals surface area contributed by atoms with Gasteiger partial charge >= 0.3 is 0 Å². The maximum atomic E-state index is 11.1. The van der Waals surface area contributed by atoms with Crippen LogP contribution in [0, 0.1) is 5.41 Å². The quantitative estimate of drug-likeness (QED) is 0.744. The first kappa shape index (κ1) is 20.4. The maximum absolute atomic E-state index is 11.1. The van der Waals surface area contributed by atoms with Crippen LogP contribution in [0.1, 0.15) is 58.9 Å². The second-order valence-electron chi connectivity index (χ2n) is 9.36. The number of aromatic nitrogens is 2. The number of hydrogen-bond acceptors (Lipinski definition) is 3. The molecule has 2 N–H and O–H groups in total. The summed E-state index contributed by atoms with van der Waals surface area (Å²) in [5, 5.41) is 19.0. The summed E-state index contributed by atoms with van der Waals surface area (Å²) in [6, 6.07) is 10.1. The normalized spacial score (nSPS) is 17.2. The van der Waals surface area contributed by atoms with Gasteiger partial charge in [0.1, 0.15) is 0 Å². The van der Waals surface area contributed by atoms with Gasteiger partial charge in [-0.3, -0.25) is 4.68 Å². The highest BCUT2D eigenvalue weighted by Gasteiger charge is 2.25. The standard InChI is InChI=1S/C24H33N3O/c1-23(2,3)15-18-7-6-8-21(25-17-18)16-24(4,28)20-11-9-19(10-12-20)22-13-14-27(5)26-22/h8-14,17,25,28H,6-7,15-16H2,1-5H3. The lowest BCUT2D eigenvalue weighted by Gasteiger charge is -2.25. The van der Waals surface area contributed by atoms with Crippen molar-refractivity contribution in [3.05, 3.63) is 65.6 Å². The third-order valence-corrected chi connectivity index (χ3v) is 5.13. The molecule has 4 heteroatoms. The summed E-state index contributed by atoms with van der Waals surface area (Å²) in [5.41, 5.74) is 4.81. The van der Waals surface area contributed by atoms with Crippen LogP contribution >= 0.6 is 0 Å². The molecule has 4 nitrogen and oxygen atoms in total. The van der Waals surface area contributed by atoms with Crippen molar-refractivity contribution in [3.8, 4) is 11.3 Å². The van der Waals surface area contributed by atoms with Crippen molar-refractivity contribution in [1.29, 1.82) is 0 Å². The Balaban J connectivity index is 1.68. The molecule has 0 spiro atoms. The van der Waals surface area contributed by atoms with Gasteiger partial charge in [-0.25, -0.2) is 0 Å². The second kappa shape index (κ2) is 7.96. The van der Waals surface area contributed by atoms with Gasteiger partial charge in [-0.2, -0.15) is 5.10 Å².